The van der Waals surface area contributed by atoms with E-state index >= 15 is 0 Å². The van der Waals surface area contributed by atoms with Crippen LogP contribution in [0.3, 0.4) is 0 Å². The fourth-order valence-corrected chi connectivity index (χ4v) is 4.37. The zero-order chi connectivity index (χ0) is 15.2. The molecule has 1 aromatic heterocycles. The van der Waals surface area contributed by atoms with Gasteiger partial charge in [0.1, 0.15) is 0 Å². The number of fused-ring (bicyclic) bond motifs is 1. The molecule has 0 saturated carbocycles. The predicted molar refractivity (Wildman–Crippen MR) is 96.3 cm³/mol. The first-order valence-electron chi connectivity index (χ1n) is 8.41. The van der Waals surface area contributed by atoms with Crippen molar-refractivity contribution in [3.63, 3.8) is 0 Å². The maximum absolute atomic E-state index is 3.88. The van der Waals surface area contributed by atoms with Crippen LogP contribution in [-0.4, -0.2) is 6.04 Å². The molecule has 116 valence electrons. The Morgan fingerprint density at radius 1 is 1.10 bits per heavy atom. The zero-order valence-electron chi connectivity index (χ0n) is 13.9. The number of benzene rings is 1. The SMILES string of the molecule is CCCCC(CCC)NC(C)c1sc2ccccc2c1C. The first kappa shape index (κ1) is 16.5. The molecule has 2 rings (SSSR count). The lowest BCUT2D eigenvalue weighted by Gasteiger charge is -2.23. The second kappa shape index (κ2) is 7.95. The topological polar surface area (TPSA) is 12.0 Å². The van der Waals surface area contributed by atoms with E-state index in [4.69, 9.17) is 0 Å². The minimum Gasteiger partial charge on any atom is -0.307 e. The van der Waals surface area contributed by atoms with E-state index < -0.39 is 0 Å². The molecule has 0 bridgehead atoms. The van der Waals surface area contributed by atoms with Crippen LogP contribution < -0.4 is 5.32 Å². The van der Waals surface area contributed by atoms with Crippen LogP contribution in [0.4, 0.5) is 0 Å². The van der Waals surface area contributed by atoms with Gasteiger partial charge in [-0.1, -0.05) is 51.3 Å². The van der Waals surface area contributed by atoms with E-state index in [1.807, 2.05) is 11.3 Å². The molecule has 0 spiro atoms. The van der Waals surface area contributed by atoms with Crippen LogP contribution in [0.1, 0.15) is 69.4 Å². The molecular formula is C19H29NS. The number of hydrogen-bond acceptors (Lipinski definition) is 2. The number of hydrogen-bond donors (Lipinski definition) is 1. The van der Waals surface area contributed by atoms with Crippen molar-refractivity contribution in [2.75, 3.05) is 0 Å². The molecule has 1 aromatic carbocycles. The molecule has 0 fully saturated rings. The Morgan fingerprint density at radius 3 is 2.52 bits per heavy atom. The predicted octanol–water partition coefficient (Wildman–Crippen LogP) is 6.22. The fraction of sp³-hybridized carbons (Fsp3) is 0.579. The average Bonchev–Trinajstić information content (AvgIpc) is 2.83. The third kappa shape index (κ3) is 4.08. The highest BCUT2D eigenvalue weighted by atomic mass is 32.1. The summed E-state index contributed by atoms with van der Waals surface area (Å²) in [5.41, 5.74) is 1.46. The van der Waals surface area contributed by atoms with Crippen molar-refractivity contribution in [1.82, 2.24) is 5.32 Å². The molecule has 0 aliphatic carbocycles. The van der Waals surface area contributed by atoms with Crippen LogP contribution in [0, 0.1) is 6.92 Å². The van der Waals surface area contributed by atoms with Gasteiger partial charge in [0.25, 0.3) is 0 Å². The summed E-state index contributed by atoms with van der Waals surface area (Å²) < 4.78 is 1.42. The van der Waals surface area contributed by atoms with Crippen LogP contribution in [0.5, 0.6) is 0 Å². The van der Waals surface area contributed by atoms with Gasteiger partial charge in [0.15, 0.2) is 0 Å². The molecule has 2 heteroatoms. The Labute approximate surface area is 133 Å². The molecule has 0 radical (unpaired) electrons. The summed E-state index contributed by atoms with van der Waals surface area (Å²) in [4.78, 5) is 1.51. The quantitative estimate of drug-likeness (QED) is 0.610. The van der Waals surface area contributed by atoms with Crippen LogP contribution in [0.15, 0.2) is 24.3 Å². The third-order valence-corrected chi connectivity index (χ3v) is 5.76. The fourth-order valence-electron chi connectivity index (χ4n) is 3.15. The number of rotatable bonds is 8. The Balaban J connectivity index is 2.12. The Kier molecular flexibility index (Phi) is 6.25. The number of unbranched alkanes of at least 4 members (excludes halogenated alkanes) is 1. The van der Waals surface area contributed by atoms with Crippen LogP contribution in [0.25, 0.3) is 10.1 Å². The van der Waals surface area contributed by atoms with E-state index in [1.165, 1.54) is 52.6 Å². The molecule has 0 aliphatic rings. The molecule has 1 nitrogen and oxygen atoms in total. The van der Waals surface area contributed by atoms with Gasteiger partial charge in [-0.25, -0.2) is 0 Å². The van der Waals surface area contributed by atoms with Crippen molar-refractivity contribution in [1.29, 1.82) is 0 Å². The lowest BCUT2D eigenvalue weighted by molar-refractivity contribution is 0.398. The zero-order valence-corrected chi connectivity index (χ0v) is 14.7. The lowest BCUT2D eigenvalue weighted by atomic mass is 10.0. The minimum absolute atomic E-state index is 0.454. The Morgan fingerprint density at radius 2 is 1.86 bits per heavy atom. The number of nitrogens with one attached hydrogen (secondary N) is 1. The molecule has 2 atom stereocenters. The minimum atomic E-state index is 0.454. The summed E-state index contributed by atoms with van der Waals surface area (Å²) in [6.45, 7) is 9.16. The number of aryl methyl sites for hydroxylation is 1. The highest BCUT2D eigenvalue weighted by Gasteiger charge is 2.17. The second-order valence-electron chi connectivity index (χ2n) is 6.10. The first-order chi connectivity index (χ1) is 10.2. The summed E-state index contributed by atoms with van der Waals surface area (Å²) in [5.74, 6) is 0. The van der Waals surface area contributed by atoms with E-state index in [-0.39, 0.29) is 0 Å². The van der Waals surface area contributed by atoms with Gasteiger partial charge in [0.05, 0.1) is 0 Å². The van der Waals surface area contributed by atoms with Gasteiger partial charge in [-0.15, -0.1) is 11.3 Å². The maximum atomic E-state index is 3.88. The molecule has 2 unspecified atom stereocenters. The summed E-state index contributed by atoms with van der Waals surface area (Å²) in [6.07, 6.45) is 6.47. The van der Waals surface area contributed by atoms with Gasteiger partial charge in [0, 0.05) is 21.7 Å². The van der Waals surface area contributed by atoms with Gasteiger partial charge in [-0.2, -0.15) is 0 Å². The standard InChI is InChI=1S/C19H29NS/c1-5-7-11-16(10-6-2)20-15(4)19-14(3)17-12-8-9-13-18(17)21-19/h8-9,12-13,15-16,20H,5-7,10-11H2,1-4H3. The largest absolute Gasteiger partial charge is 0.307 e. The normalized spacial score (nSPS) is 14.5. The molecule has 1 heterocycles. The van der Waals surface area contributed by atoms with Crippen molar-refractivity contribution < 1.29 is 0 Å². The second-order valence-corrected chi connectivity index (χ2v) is 7.19. The summed E-state index contributed by atoms with van der Waals surface area (Å²) in [6, 6.07) is 9.89. The summed E-state index contributed by atoms with van der Waals surface area (Å²) >= 11 is 1.95. The van der Waals surface area contributed by atoms with Gasteiger partial charge < -0.3 is 5.32 Å². The van der Waals surface area contributed by atoms with Gasteiger partial charge in [-0.05, 0) is 43.7 Å². The molecular weight excluding hydrogens is 274 g/mol. The van der Waals surface area contributed by atoms with Gasteiger partial charge in [-0.3, -0.25) is 0 Å². The van der Waals surface area contributed by atoms with Crippen LogP contribution >= 0.6 is 11.3 Å². The van der Waals surface area contributed by atoms with Crippen molar-refractivity contribution >= 4 is 21.4 Å². The van der Waals surface area contributed by atoms with E-state index in [1.54, 1.807) is 0 Å². The Bertz CT molecular complexity index is 558. The van der Waals surface area contributed by atoms with E-state index in [2.05, 4.69) is 57.3 Å². The third-order valence-electron chi connectivity index (χ3n) is 4.30. The molecule has 2 aromatic rings. The molecule has 0 aliphatic heterocycles. The Hall–Kier alpha value is -0.860. The summed E-state index contributed by atoms with van der Waals surface area (Å²) in [7, 11) is 0. The first-order valence-corrected chi connectivity index (χ1v) is 9.23. The van der Waals surface area contributed by atoms with E-state index in [9.17, 15) is 0 Å². The van der Waals surface area contributed by atoms with Gasteiger partial charge in [0.2, 0.25) is 0 Å². The van der Waals surface area contributed by atoms with Crippen molar-refractivity contribution in [2.45, 2.75) is 71.9 Å². The lowest BCUT2D eigenvalue weighted by Crippen LogP contribution is -2.31. The molecule has 21 heavy (non-hydrogen) atoms. The monoisotopic (exact) mass is 303 g/mol. The number of thiophene rings is 1. The van der Waals surface area contributed by atoms with E-state index in [0.29, 0.717) is 12.1 Å². The highest BCUT2D eigenvalue weighted by molar-refractivity contribution is 7.19. The molecule has 0 saturated heterocycles. The average molecular weight is 304 g/mol. The highest BCUT2D eigenvalue weighted by Crippen LogP contribution is 2.34. The molecule has 1 N–H and O–H groups in total. The van der Waals surface area contributed by atoms with Gasteiger partial charge >= 0.3 is 0 Å². The van der Waals surface area contributed by atoms with Crippen molar-refractivity contribution in [2.24, 2.45) is 0 Å². The van der Waals surface area contributed by atoms with Crippen LogP contribution in [0.2, 0.25) is 0 Å². The van der Waals surface area contributed by atoms with Crippen molar-refractivity contribution in [3.8, 4) is 0 Å². The van der Waals surface area contributed by atoms with E-state index in [0.717, 1.165) is 0 Å². The molecule has 0 amide bonds. The summed E-state index contributed by atoms with van der Waals surface area (Å²) in [5, 5.41) is 5.30. The van der Waals surface area contributed by atoms with Crippen LogP contribution in [-0.2, 0) is 0 Å². The van der Waals surface area contributed by atoms with Crippen molar-refractivity contribution in [3.05, 3.63) is 34.7 Å². The smallest absolute Gasteiger partial charge is 0.0391 e. The maximum Gasteiger partial charge on any atom is 0.0391 e.